The summed E-state index contributed by atoms with van der Waals surface area (Å²) >= 11 is 0. The average Bonchev–Trinajstić information content (AvgIpc) is 3.56. The van der Waals surface area contributed by atoms with Gasteiger partial charge in [0.2, 0.25) is 17.7 Å². The smallest absolute Gasteiger partial charge is 0.456 e. The molecule has 1 saturated carbocycles. The normalized spacial score (nSPS) is 14.1. The molecule has 2 amide bonds. The van der Waals surface area contributed by atoms with Crippen molar-refractivity contribution in [2.24, 2.45) is 5.92 Å². The molecule has 1 aliphatic carbocycles. The number of halogens is 5. The van der Waals surface area contributed by atoms with Crippen molar-refractivity contribution in [2.75, 3.05) is 11.9 Å². The van der Waals surface area contributed by atoms with Crippen LogP contribution in [0.2, 0.25) is 0 Å². The molecule has 2 N–H and O–H groups in total. The molecule has 0 aliphatic heterocycles. The summed E-state index contributed by atoms with van der Waals surface area (Å²) in [5.74, 6) is -6.27. The number of carbonyl (C=O) groups is 2. The minimum Gasteiger partial charge on any atom is -0.471 e. The molecular formula is C18H16F5N5O3. The second-order valence-corrected chi connectivity index (χ2v) is 6.71. The molecular weight excluding hydrogens is 429 g/mol. The maximum Gasteiger partial charge on any atom is 0.456 e. The van der Waals surface area contributed by atoms with Crippen LogP contribution in [-0.2, 0) is 11.3 Å². The highest BCUT2D eigenvalue weighted by Gasteiger charge is 2.58. The first-order valence-corrected chi connectivity index (χ1v) is 8.99. The molecule has 166 valence electrons. The molecule has 2 aromatic heterocycles. The van der Waals surface area contributed by atoms with Gasteiger partial charge in [-0.25, -0.2) is 15.0 Å². The summed E-state index contributed by atoms with van der Waals surface area (Å²) in [6.45, 7) is -1.93. The number of amides is 2. The Balaban J connectivity index is 1.51. The van der Waals surface area contributed by atoms with Crippen LogP contribution >= 0.6 is 0 Å². The van der Waals surface area contributed by atoms with E-state index in [4.69, 9.17) is 0 Å². The maximum atomic E-state index is 12.8. The predicted molar refractivity (Wildman–Crippen MR) is 95.3 cm³/mol. The minimum atomic E-state index is -5.72. The lowest BCUT2D eigenvalue weighted by Crippen LogP contribution is -2.41. The fourth-order valence-corrected chi connectivity index (χ4v) is 2.22. The van der Waals surface area contributed by atoms with Crippen LogP contribution in [-0.4, -0.2) is 45.5 Å². The largest absolute Gasteiger partial charge is 0.471 e. The van der Waals surface area contributed by atoms with Crippen LogP contribution in [0.3, 0.4) is 0 Å². The number of carbonyl (C=O) groups excluding carboxylic acids is 2. The Morgan fingerprint density at radius 3 is 2.45 bits per heavy atom. The van der Waals surface area contributed by atoms with Crippen LogP contribution in [0.4, 0.5) is 27.9 Å². The zero-order chi connectivity index (χ0) is 22.6. The minimum absolute atomic E-state index is 0.00313. The van der Waals surface area contributed by atoms with E-state index in [1.54, 1.807) is 0 Å². The maximum absolute atomic E-state index is 12.8. The van der Waals surface area contributed by atoms with Gasteiger partial charge in [0.25, 0.3) is 5.91 Å². The van der Waals surface area contributed by atoms with Gasteiger partial charge in [-0.2, -0.15) is 22.0 Å². The van der Waals surface area contributed by atoms with Crippen molar-refractivity contribution in [2.45, 2.75) is 31.5 Å². The van der Waals surface area contributed by atoms with E-state index in [1.165, 1.54) is 18.3 Å². The summed E-state index contributed by atoms with van der Waals surface area (Å²) < 4.78 is 66.5. The van der Waals surface area contributed by atoms with Crippen molar-refractivity contribution in [1.29, 1.82) is 0 Å². The van der Waals surface area contributed by atoms with E-state index in [2.05, 4.69) is 30.3 Å². The number of ether oxygens (including phenoxy) is 1. The number of anilines is 1. The summed E-state index contributed by atoms with van der Waals surface area (Å²) in [6.07, 6.45) is -1.65. The van der Waals surface area contributed by atoms with E-state index in [0.717, 1.165) is 25.1 Å². The topological polar surface area (TPSA) is 106 Å². The van der Waals surface area contributed by atoms with Gasteiger partial charge in [0, 0.05) is 30.9 Å². The number of hydrogen-bond acceptors (Lipinski definition) is 6. The van der Waals surface area contributed by atoms with E-state index in [9.17, 15) is 31.5 Å². The van der Waals surface area contributed by atoms with E-state index in [1.807, 2.05) is 0 Å². The number of aromatic nitrogens is 3. The van der Waals surface area contributed by atoms with Crippen LogP contribution in [0.25, 0.3) is 0 Å². The molecule has 8 nitrogen and oxygen atoms in total. The Kier molecular flexibility index (Phi) is 6.32. The molecule has 0 atom stereocenters. The number of rotatable bonds is 8. The van der Waals surface area contributed by atoms with Crippen LogP contribution in [0.1, 0.15) is 28.9 Å². The van der Waals surface area contributed by atoms with Crippen LogP contribution in [0.15, 0.2) is 30.6 Å². The average molecular weight is 445 g/mol. The fourth-order valence-electron chi connectivity index (χ4n) is 2.22. The molecule has 0 saturated heterocycles. The second-order valence-electron chi connectivity index (χ2n) is 6.71. The summed E-state index contributed by atoms with van der Waals surface area (Å²) in [5.41, 5.74) is 0.433. The van der Waals surface area contributed by atoms with Gasteiger partial charge in [-0.05, 0) is 24.5 Å². The molecule has 2 aromatic rings. The Morgan fingerprint density at radius 2 is 1.84 bits per heavy atom. The second kappa shape index (κ2) is 8.78. The van der Waals surface area contributed by atoms with Gasteiger partial charge in [-0.1, -0.05) is 6.07 Å². The molecule has 2 heterocycles. The first-order chi connectivity index (χ1) is 14.5. The van der Waals surface area contributed by atoms with E-state index in [-0.39, 0.29) is 30.0 Å². The molecule has 0 radical (unpaired) electrons. The molecule has 31 heavy (non-hydrogen) atoms. The lowest BCUT2D eigenvalue weighted by molar-refractivity contribution is -0.290. The fraction of sp³-hybridized carbons (Fsp3) is 0.389. The van der Waals surface area contributed by atoms with Crippen molar-refractivity contribution in [3.05, 3.63) is 41.9 Å². The van der Waals surface area contributed by atoms with Crippen LogP contribution in [0.5, 0.6) is 5.88 Å². The van der Waals surface area contributed by atoms with Gasteiger partial charge in [0.15, 0.2) is 6.61 Å². The molecule has 3 rings (SSSR count). The monoisotopic (exact) mass is 445 g/mol. The molecule has 0 aromatic carbocycles. The highest BCUT2D eigenvalue weighted by Crippen LogP contribution is 2.35. The molecule has 0 spiro atoms. The molecule has 13 heteroatoms. The number of alkyl halides is 5. The standard InChI is InChI=1S/C18H16F5N5O3/c19-17(20,18(21,22)23)9-31-13-4-1-10(7-25-13)8-26-15(30)12-5-6-24-16(27-12)28-14(29)11-2-3-11/h1,4-7,11H,2-3,8-9H2,(H,26,30)(H,24,27,28,29). The zero-order valence-electron chi connectivity index (χ0n) is 15.7. The lowest BCUT2D eigenvalue weighted by Gasteiger charge is -2.19. The first-order valence-electron chi connectivity index (χ1n) is 8.99. The number of pyridine rings is 1. The molecule has 1 fully saturated rings. The van der Waals surface area contributed by atoms with Crippen molar-refractivity contribution >= 4 is 17.8 Å². The van der Waals surface area contributed by atoms with Crippen molar-refractivity contribution in [3.63, 3.8) is 0 Å². The van der Waals surface area contributed by atoms with Gasteiger partial charge >= 0.3 is 12.1 Å². The lowest BCUT2D eigenvalue weighted by atomic mass is 10.2. The third-order valence-electron chi connectivity index (χ3n) is 4.14. The summed E-state index contributed by atoms with van der Waals surface area (Å²) in [7, 11) is 0. The Morgan fingerprint density at radius 1 is 1.10 bits per heavy atom. The van der Waals surface area contributed by atoms with Gasteiger partial charge < -0.3 is 10.1 Å². The van der Waals surface area contributed by atoms with Gasteiger partial charge in [0.1, 0.15) is 5.69 Å². The summed E-state index contributed by atoms with van der Waals surface area (Å²) in [6, 6.07) is 3.79. The molecule has 0 unspecified atom stereocenters. The van der Waals surface area contributed by atoms with Crippen molar-refractivity contribution in [3.8, 4) is 5.88 Å². The highest BCUT2D eigenvalue weighted by molar-refractivity contribution is 5.94. The first kappa shape index (κ1) is 22.3. The Hall–Kier alpha value is -3.38. The predicted octanol–water partition coefficient (Wildman–Crippen LogP) is 2.73. The third kappa shape index (κ3) is 6.06. The number of hydrogen-bond donors (Lipinski definition) is 2. The van der Waals surface area contributed by atoms with Crippen molar-refractivity contribution < 1.29 is 36.3 Å². The van der Waals surface area contributed by atoms with E-state index < -0.39 is 30.5 Å². The molecule has 0 bridgehead atoms. The molecule has 1 aliphatic rings. The highest BCUT2D eigenvalue weighted by atomic mass is 19.4. The Labute approximate surface area is 172 Å². The third-order valence-corrected chi connectivity index (χ3v) is 4.14. The van der Waals surface area contributed by atoms with Crippen LogP contribution < -0.4 is 15.4 Å². The SMILES string of the molecule is O=C(NCc1ccc(OCC(F)(F)C(F)(F)F)nc1)c1ccnc(NC(=O)C2CC2)n1. The quantitative estimate of drug-likeness (QED) is 0.606. The zero-order valence-corrected chi connectivity index (χ0v) is 15.7. The van der Waals surface area contributed by atoms with E-state index in [0.29, 0.717) is 5.56 Å². The van der Waals surface area contributed by atoms with E-state index >= 15 is 0 Å². The Bertz CT molecular complexity index is 948. The van der Waals surface area contributed by atoms with Gasteiger partial charge in [0.05, 0.1) is 0 Å². The number of nitrogens with one attached hydrogen (secondary N) is 2. The summed E-state index contributed by atoms with van der Waals surface area (Å²) in [4.78, 5) is 35.4. The summed E-state index contributed by atoms with van der Waals surface area (Å²) in [5, 5.41) is 5.06. The van der Waals surface area contributed by atoms with Crippen molar-refractivity contribution in [1.82, 2.24) is 20.3 Å². The number of nitrogens with zero attached hydrogens (tertiary/aromatic N) is 3. The van der Waals surface area contributed by atoms with Crippen LogP contribution in [0, 0.1) is 5.92 Å². The van der Waals surface area contributed by atoms with Gasteiger partial charge in [-0.3, -0.25) is 14.9 Å². The van der Waals surface area contributed by atoms with Gasteiger partial charge in [-0.15, -0.1) is 0 Å².